The molecule has 4 aromatic rings. The number of carbonyl (C=O) groups is 3. The zero-order valence-corrected chi connectivity index (χ0v) is 21.5. The van der Waals surface area contributed by atoms with Crippen molar-refractivity contribution in [2.45, 2.75) is 33.1 Å². The second-order valence-corrected chi connectivity index (χ2v) is 9.06. The molecule has 194 valence electrons. The summed E-state index contributed by atoms with van der Waals surface area (Å²) in [5.41, 5.74) is 3.27. The largest absolute Gasteiger partial charge is 0.457 e. The van der Waals surface area contributed by atoms with E-state index in [9.17, 15) is 14.4 Å². The van der Waals surface area contributed by atoms with Crippen LogP contribution in [-0.4, -0.2) is 24.4 Å². The lowest BCUT2D eigenvalue weighted by Gasteiger charge is -2.10. The molecule has 0 atom stereocenters. The Morgan fingerprint density at radius 3 is 2.24 bits per heavy atom. The van der Waals surface area contributed by atoms with Gasteiger partial charge >= 0.3 is 5.97 Å². The zero-order valence-electron chi connectivity index (χ0n) is 21.5. The first-order valence-electron chi connectivity index (χ1n) is 12.4. The standard InChI is InChI=1S/C31H30N2O5/c1-21-10-11-22(2)28(18-21)33-30(35)20-37-31(36)9-5-8-29(34)32-25-13-16-26(17-14-25)38-27-15-12-23-6-3-4-7-24(23)19-27/h3-4,6-7,10-19H,5,8-9,20H2,1-2H3,(H,32,34)(H,33,35). The lowest BCUT2D eigenvalue weighted by atomic mass is 10.1. The number of carbonyl (C=O) groups excluding carboxylic acids is 3. The Balaban J connectivity index is 1.15. The van der Waals surface area contributed by atoms with Gasteiger partial charge in [-0.25, -0.2) is 0 Å². The zero-order chi connectivity index (χ0) is 26.9. The van der Waals surface area contributed by atoms with Crippen molar-refractivity contribution in [1.29, 1.82) is 0 Å². The maximum atomic E-state index is 12.3. The molecule has 0 saturated heterocycles. The van der Waals surface area contributed by atoms with Gasteiger partial charge in [0.15, 0.2) is 6.61 Å². The summed E-state index contributed by atoms with van der Waals surface area (Å²) in [5.74, 6) is 0.244. The van der Waals surface area contributed by atoms with E-state index in [1.165, 1.54) is 0 Å². The average Bonchev–Trinajstić information content (AvgIpc) is 2.90. The van der Waals surface area contributed by atoms with Crippen LogP contribution in [0, 0.1) is 13.8 Å². The third-order valence-electron chi connectivity index (χ3n) is 5.91. The van der Waals surface area contributed by atoms with Crippen LogP contribution >= 0.6 is 0 Å². The van der Waals surface area contributed by atoms with Crippen LogP contribution in [0.1, 0.15) is 30.4 Å². The third kappa shape index (κ3) is 7.67. The minimum absolute atomic E-state index is 0.0444. The maximum Gasteiger partial charge on any atom is 0.306 e. The molecule has 38 heavy (non-hydrogen) atoms. The summed E-state index contributed by atoms with van der Waals surface area (Å²) < 4.78 is 11.0. The minimum Gasteiger partial charge on any atom is -0.457 e. The van der Waals surface area contributed by atoms with E-state index in [2.05, 4.69) is 10.6 Å². The first-order chi connectivity index (χ1) is 18.4. The van der Waals surface area contributed by atoms with Crippen LogP contribution in [0.2, 0.25) is 0 Å². The highest BCUT2D eigenvalue weighted by atomic mass is 16.5. The first-order valence-corrected chi connectivity index (χ1v) is 12.4. The smallest absolute Gasteiger partial charge is 0.306 e. The summed E-state index contributed by atoms with van der Waals surface area (Å²) in [5, 5.41) is 7.79. The van der Waals surface area contributed by atoms with E-state index >= 15 is 0 Å². The fraction of sp³-hybridized carbons (Fsp3) is 0.194. The van der Waals surface area contributed by atoms with Gasteiger partial charge in [-0.2, -0.15) is 0 Å². The molecular formula is C31H30N2O5. The van der Waals surface area contributed by atoms with Crippen LogP contribution < -0.4 is 15.4 Å². The highest BCUT2D eigenvalue weighted by Crippen LogP contribution is 2.26. The van der Waals surface area contributed by atoms with Crippen molar-refractivity contribution < 1.29 is 23.9 Å². The number of amides is 2. The Kier molecular flexibility index (Phi) is 8.72. The van der Waals surface area contributed by atoms with Crippen LogP contribution in [0.25, 0.3) is 10.8 Å². The monoisotopic (exact) mass is 510 g/mol. The SMILES string of the molecule is Cc1ccc(C)c(NC(=O)COC(=O)CCCC(=O)Nc2ccc(Oc3ccc4ccccc4c3)cc2)c1. The van der Waals surface area contributed by atoms with E-state index in [0.717, 1.165) is 27.6 Å². The molecule has 0 radical (unpaired) electrons. The van der Waals surface area contributed by atoms with E-state index in [4.69, 9.17) is 9.47 Å². The van der Waals surface area contributed by atoms with Crippen molar-refractivity contribution in [2.24, 2.45) is 0 Å². The molecule has 0 heterocycles. The second kappa shape index (κ2) is 12.5. The van der Waals surface area contributed by atoms with Crippen LogP contribution in [-0.2, 0) is 19.1 Å². The number of hydrogen-bond donors (Lipinski definition) is 2. The highest BCUT2D eigenvalue weighted by Gasteiger charge is 2.11. The highest BCUT2D eigenvalue weighted by molar-refractivity contribution is 5.94. The minimum atomic E-state index is -0.524. The number of rotatable bonds is 10. The van der Waals surface area contributed by atoms with Gasteiger partial charge < -0.3 is 20.1 Å². The average molecular weight is 511 g/mol. The summed E-state index contributed by atoms with van der Waals surface area (Å²) in [6.45, 7) is 3.45. The van der Waals surface area contributed by atoms with Crippen LogP contribution in [0.4, 0.5) is 11.4 Å². The van der Waals surface area contributed by atoms with E-state index in [1.54, 1.807) is 24.3 Å². The van der Waals surface area contributed by atoms with Crippen molar-refractivity contribution in [3.63, 3.8) is 0 Å². The fourth-order valence-corrected chi connectivity index (χ4v) is 3.87. The van der Waals surface area contributed by atoms with Gasteiger partial charge in [0.05, 0.1) is 0 Å². The Hall–Kier alpha value is -4.65. The summed E-state index contributed by atoms with van der Waals surface area (Å²) in [7, 11) is 0. The van der Waals surface area contributed by atoms with E-state index in [1.807, 2.05) is 74.5 Å². The molecule has 0 aliphatic heterocycles. The maximum absolute atomic E-state index is 12.3. The Morgan fingerprint density at radius 2 is 1.45 bits per heavy atom. The summed E-state index contributed by atoms with van der Waals surface area (Å²) in [6.07, 6.45) is 0.508. The van der Waals surface area contributed by atoms with Gasteiger partial charge in [-0.15, -0.1) is 0 Å². The van der Waals surface area contributed by atoms with Gasteiger partial charge in [0.1, 0.15) is 11.5 Å². The predicted molar refractivity (Wildman–Crippen MR) is 148 cm³/mol. The molecule has 0 spiro atoms. The van der Waals surface area contributed by atoms with Crippen molar-refractivity contribution in [2.75, 3.05) is 17.2 Å². The quantitative estimate of drug-likeness (QED) is 0.236. The molecule has 0 bridgehead atoms. The van der Waals surface area contributed by atoms with Gasteiger partial charge in [0, 0.05) is 24.2 Å². The van der Waals surface area contributed by atoms with Crippen LogP contribution in [0.5, 0.6) is 11.5 Å². The Labute approximate surface area is 221 Å². The fourth-order valence-electron chi connectivity index (χ4n) is 3.87. The lowest BCUT2D eigenvalue weighted by Crippen LogP contribution is -2.21. The topological polar surface area (TPSA) is 93.7 Å². The van der Waals surface area contributed by atoms with Crippen molar-refractivity contribution in [3.05, 3.63) is 96.1 Å². The number of aryl methyl sites for hydroxylation is 2. The van der Waals surface area contributed by atoms with Gasteiger partial charge in [-0.3, -0.25) is 14.4 Å². The van der Waals surface area contributed by atoms with E-state index in [-0.39, 0.29) is 25.4 Å². The molecule has 4 rings (SSSR count). The molecular weight excluding hydrogens is 480 g/mol. The summed E-state index contributed by atoms with van der Waals surface area (Å²) in [4.78, 5) is 36.3. The third-order valence-corrected chi connectivity index (χ3v) is 5.91. The number of anilines is 2. The molecule has 0 saturated carbocycles. The molecule has 0 aliphatic carbocycles. The molecule has 0 aromatic heterocycles. The molecule has 4 aromatic carbocycles. The Bertz CT molecular complexity index is 1450. The van der Waals surface area contributed by atoms with Gasteiger partial charge in [-0.05, 0) is 84.6 Å². The molecule has 2 N–H and O–H groups in total. The second-order valence-electron chi connectivity index (χ2n) is 9.06. The van der Waals surface area contributed by atoms with Crippen molar-refractivity contribution in [3.8, 4) is 11.5 Å². The first kappa shape index (κ1) is 26.4. The Morgan fingerprint density at radius 1 is 0.711 bits per heavy atom. The van der Waals surface area contributed by atoms with Gasteiger partial charge in [-0.1, -0.05) is 42.5 Å². The number of esters is 1. The normalized spacial score (nSPS) is 10.6. The number of benzene rings is 4. The molecule has 7 nitrogen and oxygen atoms in total. The number of nitrogens with one attached hydrogen (secondary N) is 2. The molecule has 0 fully saturated rings. The molecule has 7 heteroatoms. The summed E-state index contributed by atoms with van der Waals surface area (Å²) in [6, 6.07) is 26.8. The predicted octanol–water partition coefficient (Wildman–Crippen LogP) is 6.54. The van der Waals surface area contributed by atoms with Crippen LogP contribution in [0.15, 0.2) is 84.9 Å². The summed E-state index contributed by atoms with van der Waals surface area (Å²) >= 11 is 0. The number of ether oxygens (including phenoxy) is 2. The lowest BCUT2D eigenvalue weighted by molar-refractivity contribution is -0.147. The van der Waals surface area contributed by atoms with Gasteiger partial charge in [0.25, 0.3) is 5.91 Å². The van der Waals surface area contributed by atoms with Crippen molar-refractivity contribution >= 4 is 39.9 Å². The van der Waals surface area contributed by atoms with E-state index < -0.39 is 11.9 Å². The number of fused-ring (bicyclic) bond motifs is 1. The molecule has 0 unspecified atom stereocenters. The van der Waals surface area contributed by atoms with E-state index in [0.29, 0.717) is 23.5 Å². The molecule has 0 aliphatic rings. The molecule has 2 amide bonds. The number of hydrogen-bond acceptors (Lipinski definition) is 5. The van der Waals surface area contributed by atoms with Crippen molar-refractivity contribution in [1.82, 2.24) is 0 Å². The van der Waals surface area contributed by atoms with Gasteiger partial charge in [0.2, 0.25) is 5.91 Å². The van der Waals surface area contributed by atoms with Crippen LogP contribution in [0.3, 0.4) is 0 Å².